The predicted molar refractivity (Wildman–Crippen MR) is 153 cm³/mol. The van der Waals surface area contributed by atoms with Gasteiger partial charge in [-0.2, -0.15) is 0 Å². The number of imide groups is 1. The first-order valence-corrected chi connectivity index (χ1v) is 14.5. The minimum Gasteiger partial charge on any atom is -0.379 e. The van der Waals surface area contributed by atoms with Crippen LogP contribution in [0.15, 0.2) is 36.5 Å². The summed E-state index contributed by atoms with van der Waals surface area (Å²) in [5, 5.41) is 5.94. The van der Waals surface area contributed by atoms with E-state index in [-0.39, 0.29) is 11.7 Å². The molecule has 40 heavy (non-hydrogen) atoms. The first-order chi connectivity index (χ1) is 19.2. The maximum absolute atomic E-state index is 13.5. The van der Waals surface area contributed by atoms with Crippen LogP contribution in [0.2, 0.25) is 5.02 Å². The molecule has 12 heteroatoms. The highest BCUT2D eigenvalue weighted by atomic mass is 35.5. The van der Waals surface area contributed by atoms with Crippen LogP contribution in [0.3, 0.4) is 0 Å². The zero-order valence-electron chi connectivity index (χ0n) is 22.5. The maximum atomic E-state index is 13.5. The van der Waals surface area contributed by atoms with E-state index in [1.807, 2.05) is 12.1 Å². The van der Waals surface area contributed by atoms with Crippen molar-refractivity contribution in [1.82, 2.24) is 25.1 Å². The maximum Gasteiger partial charge on any atom is 0.325 e. The van der Waals surface area contributed by atoms with Crippen molar-refractivity contribution in [3.05, 3.63) is 63.4 Å². The van der Waals surface area contributed by atoms with E-state index in [0.29, 0.717) is 36.2 Å². The third kappa shape index (κ3) is 6.43. The van der Waals surface area contributed by atoms with Gasteiger partial charge in [0.05, 0.1) is 29.3 Å². The number of hydrogen-bond donors (Lipinski definition) is 2. The van der Waals surface area contributed by atoms with Crippen molar-refractivity contribution in [2.75, 3.05) is 51.3 Å². The fourth-order valence-corrected chi connectivity index (χ4v) is 6.31. The van der Waals surface area contributed by atoms with Gasteiger partial charge in [-0.25, -0.2) is 19.2 Å². The second kappa shape index (κ2) is 12.2. The summed E-state index contributed by atoms with van der Waals surface area (Å²) in [5.41, 5.74) is 1.95. The van der Waals surface area contributed by atoms with Gasteiger partial charge in [0.1, 0.15) is 17.1 Å². The van der Waals surface area contributed by atoms with Gasteiger partial charge in [0.25, 0.3) is 5.91 Å². The fourth-order valence-electron chi connectivity index (χ4n) is 4.82. The minimum atomic E-state index is -0.916. The lowest BCUT2D eigenvalue weighted by molar-refractivity contribution is -0.125. The summed E-state index contributed by atoms with van der Waals surface area (Å²) in [7, 11) is 0. The first-order valence-electron chi connectivity index (χ1n) is 13.3. The van der Waals surface area contributed by atoms with Crippen LogP contribution < -0.4 is 10.6 Å². The Morgan fingerprint density at radius 3 is 2.62 bits per heavy atom. The highest BCUT2D eigenvalue weighted by molar-refractivity contribution is 7.15. The van der Waals surface area contributed by atoms with Crippen LogP contribution in [-0.4, -0.2) is 83.2 Å². The molecule has 0 spiro atoms. The number of aromatic nitrogens is 2. The number of carbonyl (C=O) groups excluding carboxylic acids is 2. The summed E-state index contributed by atoms with van der Waals surface area (Å²) >= 11 is 8.20. The Labute approximate surface area is 241 Å². The molecule has 2 aliphatic heterocycles. The lowest BCUT2D eigenvalue weighted by Crippen LogP contribution is -2.46. The fraction of sp³-hybridized carbons (Fsp3) is 0.429. The van der Waals surface area contributed by atoms with Crippen LogP contribution in [0.5, 0.6) is 0 Å². The number of urea groups is 1. The largest absolute Gasteiger partial charge is 0.379 e. The highest BCUT2D eigenvalue weighted by Gasteiger charge is 2.45. The highest BCUT2D eigenvalue weighted by Crippen LogP contribution is 2.36. The molecule has 0 saturated carbocycles. The van der Waals surface area contributed by atoms with Crippen LogP contribution in [0.4, 0.5) is 15.1 Å². The topological polar surface area (TPSA) is 99.7 Å². The average Bonchev–Trinajstić information content (AvgIpc) is 3.42. The molecule has 0 aliphatic carbocycles. The van der Waals surface area contributed by atoms with Crippen LogP contribution in [0.25, 0.3) is 10.6 Å². The quantitative estimate of drug-likeness (QED) is 0.343. The van der Waals surface area contributed by atoms with Gasteiger partial charge in [0.15, 0.2) is 0 Å². The molecule has 212 valence electrons. The normalized spacial score (nSPS) is 17.4. The molecule has 1 aromatic carbocycles. The van der Waals surface area contributed by atoms with E-state index in [1.54, 1.807) is 31.4 Å². The van der Waals surface area contributed by atoms with E-state index in [1.165, 1.54) is 27.5 Å². The van der Waals surface area contributed by atoms with Crippen molar-refractivity contribution >= 4 is 40.8 Å². The molecule has 0 radical (unpaired) electrons. The van der Waals surface area contributed by atoms with Gasteiger partial charge in [0.2, 0.25) is 5.95 Å². The number of nitrogens with zero attached hydrogens (tertiary/aromatic N) is 4. The molecule has 2 fully saturated rings. The number of anilines is 1. The van der Waals surface area contributed by atoms with Gasteiger partial charge in [-0.1, -0.05) is 23.7 Å². The number of morpholine rings is 1. The van der Waals surface area contributed by atoms with Crippen molar-refractivity contribution in [3.8, 4) is 10.6 Å². The number of halogens is 2. The Balaban J connectivity index is 1.33. The molecule has 2 saturated heterocycles. The first kappa shape index (κ1) is 28.4. The van der Waals surface area contributed by atoms with Crippen LogP contribution in [0, 0.1) is 5.82 Å². The molecule has 5 rings (SSSR count). The summed E-state index contributed by atoms with van der Waals surface area (Å²) < 4.78 is 19.0. The van der Waals surface area contributed by atoms with Gasteiger partial charge < -0.3 is 15.0 Å². The van der Waals surface area contributed by atoms with Gasteiger partial charge in [0, 0.05) is 44.0 Å². The van der Waals surface area contributed by atoms with Crippen molar-refractivity contribution in [1.29, 1.82) is 0 Å². The molecule has 9 nitrogen and oxygen atoms in total. The Morgan fingerprint density at radius 1 is 1.18 bits per heavy atom. The number of thiophene rings is 1. The Morgan fingerprint density at radius 2 is 1.93 bits per heavy atom. The average molecular weight is 587 g/mol. The van der Waals surface area contributed by atoms with Gasteiger partial charge in [-0.15, -0.1) is 11.3 Å². The summed E-state index contributed by atoms with van der Waals surface area (Å²) in [4.78, 5) is 39.2. The zero-order chi connectivity index (χ0) is 28.3. The van der Waals surface area contributed by atoms with E-state index >= 15 is 0 Å². The molecular weight excluding hydrogens is 555 g/mol. The molecule has 2 aliphatic rings. The van der Waals surface area contributed by atoms with E-state index in [2.05, 4.69) is 26.6 Å². The van der Waals surface area contributed by atoms with Crippen molar-refractivity contribution in [2.45, 2.75) is 32.2 Å². The van der Waals surface area contributed by atoms with Crippen LogP contribution >= 0.6 is 22.9 Å². The third-order valence-corrected chi connectivity index (χ3v) is 8.73. The van der Waals surface area contributed by atoms with Crippen molar-refractivity contribution in [2.24, 2.45) is 0 Å². The summed E-state index contributed by atoms with van der Waals surface area (Å²) in [5.74, 6) is -0.191. The van der Waals surface area contributed by atoms with Crippen LogP contribution in [-0.2, 0) is 22.4 Å². The second-order valence-electron chi connectivity index (χ2n) is 10.4. The Bertz CT molecular complexity index is 1380. The number of rotatable bonds is 10. The molecule has 2 aromatic heterocycles. The smallest absolute Gasteiger partial charge is 0.325 e. The predicted octanol–water partition coefficient (Wildman–Crippen LogP) is 4.21. The molecule has 4 heterocycles. The number of hydrogen-bond acceptors (Lipinski definition) is 8. The standard InChI is InChI=1S/C28H32ClFN6O3S/c1-28(2)25(37)34-27(38)36(28)10-8-31-26-32-17-21(29)24(33-26)23-16-19(7-9-35-11-13-39-14-12-35)22(40-23)15-18-3-5-20(30)6-4-18/h3-6,16-17H,7-15H2,1-2H3,(H,31,32,33)(H,34,37,38). The van der Waals surface area contributed by atoms with Crippen LogP contribution in [0.1, 0.15) is 29.9 Å². The Hall–Kier alpha value is -3.12. The van der Waals surface area contributed by atoms with Gasteiger partial charge in [-0.05, 0) is 49.6 Å². The molecule has 2 N–H and O–H groups in total. The SMILES string of the molecule is CC1(C)C(=O)NC(=O)N1CCNc1ncc(Cl)c(-c2cc(CCN3CCOCC3)c(Cc3ccc(F)cc3)s2)n1. The molecule has 0 atom stereocenters. The monoisotopic (exact) mass is 586 g/mol. The van der Waals surface area contributed by atoms with E-state index in [4.69, 9.17) is 21.3 Å². The molecule has 3 amide bonds. The minimum absolute atomic E-state index is 0.253. The van der Waals surface area contributed by atoms with Crippen molar-refractivity contribution in [3.63, 3.8) is 0 Å². The summed E-state index contributed by atoms with van der Waals surface area (Å²) in [6, 6.07) is 8.33. The van der Waals surface area contributed by atoms with Crippen molar-refractivity contribution < 1.29 is 18.7 Å². The summed E-state index contributed by atoms with van der Waals surface area (Å²) in [6.45, 7) is 8.34. The molecule has 3 aromatic rings. The lowest BCUT2D eigenvalue weighted by Gasteiger charge is -2.27. The third-order valence-electron chi connectivity index (χ3n) is 7.27. The number of benzene rings is 1. The van der Waals surface area contributed by atoms with E-state index in [9.17, 15) is 14.0 Å². The van der Waals surface area contributed by atoms with E-state index in [0.717, 1.165) is 49.7 Å². The lowest BCUT2D eigenvalue weighted by atomic mass is 10.0. The number of nitrogens with one attached hydrogen (secondary N) is 2. The zero-order valence-corrected chi connectivity index (χ0v) is 24.1. The molecule has 0 bridgehead atoms. The number of carbonyl (C=O) groups is 2. The number of amides is 3. The molecule has 0 unspecified atom stereocenters. The summed E-state index contributed by atoms with van der Waals surface area (Å²) in [6.07, 6.45) is 3.12. The van der Waals surface area contributed by atoms with E-state index < -0.39 is 11.6 Å². The van der Waals surface area contributed by atoms with Gasteiger partial charge in [-0.3, -0.25) is 15.0 Å². The number of ether oxygens (including phenoxy) is 1. The Kier molecular flexibility index (Phi) is 8.65. The molecular formula is C28H32ClFN6O3S. The second-order valence-corrected chi connectivity index (χ2v) is 11.9. The van der Waals surface area contributed by atoms with Gasteiger partial charge >= 0.3 is 6.03 Å².